The highest BCUT2D eigenvalue weighted by molar-refractivity contribution is 5.95. The Hall–Kier alpha value is -2.36. The summed E-state index contributed by atoms with van der Waals surface area (Å²) < 4.78 is 24.6. The second kappa shape index (κ2) is 4.88. The van der Waals surface area contributed by atoms with Gasteiger partial charge in [-0.15, -0.1) is 0 Å². The fourth-order valence-electron chi connectivity index (χ4n) is 2.87. The summed E-state index contributed by atoms with van der Waals surface area (Å²) in [5, 5.41) is 0. The fraction of sp³-hybridized carbons (Fsp3) is 0.235. The Bertz CT molecular complexity index is 711. The number of fused-ring (bicyclic) bond motifs is 1. The molecule has 0 N–H and O–H groups in total. The first-order chi connectivity index (χ1) is 10.1. The van der Waals surface area contributed by atoms with Crippen molar-refractivity contribution in [3.05, 3.63) is 64.7 Å². The van der Waals surface area contributed by atoms with Crippen LogP contribution in [0.3, 0.4) is 0 Å². The number of halogens is 1. The van der Waals surface area contributed by atoms with Gasteiger partial charge in [-0.05, 0) is 30.7 Å². The molecule has 1 aliphatic heterocycles. The molecule has 0 bridgehead atoms. The molecule has 1 heterocycles. The number of alkyl halides is 1. The second-order valence-corrected chi connectivity index (χ2v) is 5.08. The first-order valence-corrected chi connectivity index (χ1v) is 6.66. The minimum absolute atomic E-state index is 0.422. The van der Waals surface area contributed by atoms with E-state index in [9.17, 15) is 9.18 Å². The smallest absolute Gasteiger partial charge is 0.339 e. The first kappa shape index (κ1) is 13.6. The topological polar surface area (TPSA) is 35.5 Å². The highest BCUT2D eigenvalue weighted by atomic mass is 19.1. The van der Waals surface area contributed by atoms with Gasteiger partial charge in [-0.25, -0.2) is 9.18 Å². The van der Waals surface area contributed by atoms with Gasteiger partial charge in [0.05, 0.1) is 12.7 Å². The number of cyclic esters (lactones) is 1. The van der Waals surface area contributed by atoms with Crippen LogP contribution < -0.4 is 4.74 Å². The van der Waals surface area contributed by atoms with Crippen LogP contribution in [-0.4, -0.2) is 19.8 Å². The van der Waals surface area contributed by atoms with Crippen molar-refractivity contribution in [2.45, 2.75) is 12.5 Å². The summed E-state index contributed by atoms with van der Waals surface area (Å²) in [7, 11) is 1.57. The average molecular weight is 286 g/mol. The summed E-state index contributed by atoms with van der Waals surface area (Å²) >= 11 is 0. The standard InChI is InChI=1S/C17H15FO3/c1-11-9-12(20-2)7-8-14(11)17(10-18)15-6-4-3-5-13(15)16(19)21-17/h3-9H,10H2,1-2H3. The molecule has 0 radical (unpaired) electrons. The van der Waals surface area contributed by atoms with Crippen LogP contribution in [0.15, 0.2) is 42.5 Å². The van der Waals surface area contributed by atoms with Gasteiger partial charge in [0.1, 0.15) is 12.4 Å². The highest BCUT2D eigenvalue weighted by Crippen LogP contribution is 2.43. The van der Waals surface area contributed by atoms with Crippen molar-refractivity contribution in [1.82, 2.24) is 0 Å². The van der Waals surface area contributed by atoms with Crippen molar-refractivity contribution in [1.29, 1.82) is 0 Å². The lowest BCUT2D eigenvalue weighted by Gasteiger charge is -2.28. The normalized spacial score (nSPS) is 20.0. The van der Waals surface area contributed by atoms with E-state index in [4.69, 9.17) is 9.47 Å². The zero-order chi connectivity index (χ0) is 15.0. The van der Waals surface area contributed by atoms with E-state index in [0.717, 1.165) is 5.56 Å². The van der Waals surface area contributed by atoms with Gasteiger partial charge in [0, 0.05) is 11.1 Å². The number of hydrogen-bond acceptors (Lipinski definition) is 3. The van der Waals surface area contributed by atoms with Gasteiger partial charge in [0.15, 0.2) is 5.60 Å². The van der Waals surface area contributed by atoms with Crippen LogP contribution in [-0.2, 0) is 10.3 Å². The lowest BCUT2D eigenvalue weighted by atomic mass is 9.84. The molecule has 21 heavy (non-hydrogen) atoms. The van der Waals surface area contributed by atoms with E-state index >= 15 is 0 Å². The van der Waals surface area contributed by atoms with Crippen molar-refractivity contribution in [3.8, 4) is 5.75 Å². The van der Waals surface area contributed by atoms with E-state index in [1.54, 1.807) is 43.5 Å². The maximum absolute atomic E-state index is 13.9. The van der Waals surface area contributed by atoms with Gasteiger partial charge in [-0.3, -0.25) is 0 Å². The summed E-state index contributed by atoms with van der Waals surface area (Å²) in [6.07, 6.45) is 0. The molecule has 2 aromatic carbocycles. The molecule has 3 nitrogen and oxygen atoms in total. The van der Waals surface area contributed by atoms with Crippen molar-refractivity contribution < 1.29 is 18.7 Å². The Kier molecular flexibility index (Phi) is 3.16. The lowest BCUT2D eigenvalue weighted by molar-refractivity contribution is 0.000134. The van der Waals surface area contributed by atoms with Crippen molar-refractivity contribution in [2.24, 2.45) is 0 Å². The molecule has 2 aromatic rings. The van der Waals surface area contributed by atoms with Gasteiger partial charge in [0.2, 0.25) is 0 Å². The third kappa shape index (κ3) is 1.90. The summed E-state index contributed by atoms with van der Waals surface area (Å²) in [5.74, 6) is 0.196. The Balaban J connectivity index is 2.22. The number of benzene rings is 2. The summed E-state index contributed by atoms with van der Waals surface area (Å²) in [5.41, 5.74) is 1.10. The molecular weight excluding hydrogens is 271 g/mol. The van der Waals surface area contributed by atoms with Crippen LogP contribution in [0.1, 0.15) is 27.0 Å². The fourth-order valence-corrected chi connectivity index (χ4v) is 2.87. The van der Waals surface area contributed by atoms with E-state index < -0.39 is 18.2 Å². The second-order valence-electron chi connectivity index (χ2n) is 5.08. The molecule has 1 aliphatic rings. The van der Waals surface area contributed by atoms with Crippen molar-refractivity contribution in [2.75, 3.05) is 13.8 Å². The van der Waals surface area contributed by atoms with Crippen molar-refractivity contribution in [3.63, 3.8) is 0 Å². The van der Waals surface area contributed by atoms with Gasteiger partial charge < -0.3 is 9.47 Å². The SMILES string of the molecule is COc1ccc(C2(CF)OC(=O)c3ccccc32)c(C)c1. The molecule has 108 valence electrons. The predicted octanol–water partition coefficient (Wildman–Crippen LogP) is 3.39. The summed E-state index contributed by atoms with van der Waals surface area (Å²) in [6, 6.07) is 12.2. The number of rotatable bonds is 3. The molecule has 0 fully saturated rings. The molecule has 4 heteroatoms. The van der Waals surface area contributed by atoms with E-state index in [1.807, 2.05) is 13.0 Å². The first-order valence-electron chi connectivity index (χ1n) is 6.66. The molecular formula is C17H15FO3. The zero-order valence-electron chi connectivity index (χ0n) is 11.9. The molecule has 0 amide bonds. The van der Waals surface area contributed by atoms with E-state index in [0.29, 0.717) is 22.4 Å². The summed E-state index contributed by atoms with van der Waals surface area (Å²) in [4.78, 5) is 12.0. The van der Waals surface area contributed by atoms with Crippen LogP contribution in [0, 0.1) is 6.92 Å². The number of carbonyl (C=O) groups excluding carboxylic acids is 1. The molecule has 0 saturated carbocycles. The van der Waals surface area contributed by atoms with Crippen LogP contribution >= 0.6 is 0 Å². The van der Waals surface area contributed by atoms with Crippen LogP contribution in [0.25, 0.3) is 0 Å². The molecule has 0 saturated heterocycles. The molecule has 1 atom stereocenters. The zero-order valence-corrected chi connectivity index (χ0v) is 11.9. The molecule has 0 spiro atoms. The number of methoxy groups -OCH3 is 1. The molecule has 3 rings (SSSR count). The monoisotopic (exact) mass is 286 g/mol. The Labute approximate surface area is 122 Å². The van der Waals surface area contributed by atoms with Gasteiger partial charge in [-0.2, -0.15) is 0 Å². The number of esters is 1. The minimum atomic E-state index is -1.36. The van der Waals surface area contributed by atoms with Gasteiger partial charge >= 0.3 is 5.97 Å². The summed E-state index contributed by atoms with van der Waals surface area (Å²) in [6.45, 7) is 1.05. The number of aryl methyl sites for hydroxylation is 1. The van der Waals surface area contributed by atoms with Gasteiger partial charge in [0.25, 0.3) is 0 Å². The molecule has 0 aromatic heterocycles. The number of ether oxygens (including phenoxy) is 2. The third-order valence-corrected chi connectivity index (χ3v) is 3.91. The van der Waals surface area contributed by atoms with E-state index in [2.05, 4.69) is 0 Å². The van der Waals surface area contributed by atoms with E-state index in [1.165, 1.54) is 0 Å². The maximum Gasteiger partial charge on any atom is 0.339 e. The van der Waals surface area contributed by atoms with Gasteiger partial charge in [-0.1, -0.05) is 24.3 Å². The molecule has 0 aliphatic carbocycles. The quantitative estimate of drug-likeness (QED) is 0.811. The van der Waals surface area contributed by atoms with Crippen LogP contribution in [0.2, 0.25) is 0 Å². The Morgan fingerprint density at radius 2 is 1.95 bits per heavy atom. The average Bonchev–Trinajstić information content (AvgIpc) is 2.81. The minimum Gasteiger partial charge on any atom is -0.497 e. The number of hydrogen-bond donors (Lipinski definition) is 0. The van der Waals surface area contributed by atoms with Crippen LogP contribution in [0.4, 0.5) is 4.39 Å². The predicted molar refractivity (Wildman–Crippen MR) is 76.3 cm³/mol. The van der Waals surface area contributed by atoms with Crippen LogP contribution in [0.5, 0.6) is 5.75 Å². The third-order valence-electron chi connectivity index (χ3n) is 3.91. The Morgan fingerprint density at radius 1 is 1.19 bits per heavy atom. The Morgan fingerprint density at radius 3 is 2.62 bits per heavy atom. The van der Waals surface area contributed by atoms with Crippen molar-refractivity contribution >= 4 is 5.97 Å². The largest absolute Gasteiger partial charge is 0.497 e. The highest BCUT2D eigenvalue weighted by Gasteiger charge is 2.47. The maximum atomic E-state index is 13.9. The van der Waals surface area contributed by atoms with E-state index in [-0.39, 0.29) is 0 Å². The lowest BCUT2D eigenvalue weighted by Crippen LogP contribution is -2.31. The number of carbonyl (C=O) groups is 1. The molecule has 1 unspecified atom stereocenters.